The number of furan rings is 1. The maximum Gasteiger partial charge on any atom is 0.339 e. The van der Waals surface area contributed by atoms with Gasteiger partial charge in [0.1, 0.15) is 22.9 Å². The van der Waals surface area contributed by atoms with Gasteiger partial charge in [0.15, 0.2) is 0 Å². The van der Waals surface area contributed by atoms with Crippen molar-refractivity contribution in [2.75, 3.05) is 0 Å². The maximum atomic E-state index is 13.6. The van der Waals surface area contributed by atoms with Crippen molar-refractivity contribution in [3.63, 3.8) is 0 Å². The van der Waals surface area contributed by atoms with Gasteiger partial charge in [-0.15, -0.1) is 0 Å². The van der Waals surface area contributed by atoms with E-state index in [-0.39, 0.29) is 11.4 Å². The highest BCUT2D eigenvalue weighted by Crippen LogP contribution is 2.22. The number of aromatic carboxylic acids is 1. The first-order chi connectivity index (χ1) is 9.56. The molecule has 0 aliphatic heterocycles. The van der Waals surface area contributed by atoms with E-state index in [1.54, 1.807) is 25.3 Å². The molecule has 0 aliphatic rings. The number of benzene rings is 1. The van der Waals surface area contributed by atoms with E-state index in [4.69, 9.17) is 9.52 Å². The predicted octanol–water partition coefficient (Wildman–Crippen LogP) is 3.43. The van der Waals surface area contributed by atoms with Gasteiger partial charge in [-0.2, -0.15) is 0 Å². The number of carboxylic acid groups (broad SMARTS) is 1. The van der Waals surface area contributed by atoms with Crippen LogP contribution in [-0.2, 0) is 6.54 Å². The van der Waals surface area contributed by atoms with Crippen LogP contribution < -0.4 is 0 Å². The molecule has 0 fully saturated rings. The highest BCUT2D eigenvalue weighted by Gasteiger charge is 2.14. The molecule has 3 rings (SSSR count). The van der Waals surface area contributed by atoms with E-state index in [1.807, 2.05) is 10.6 Å². The Labute approximate surface area is 114 Å². The summed E-state index contributed by atoms with van der Waals surface area (Å²) >= 11 is 0. The summed E-state index contributed by atoms with van der Waals surface area (Å²) in [7, 11) is 0. The molecule has 4 nitrogen and oxygen atoms in total. The number of carboxylic acids is 1. The molecule has 5 heteroatoms. The van der Waals surface area contributed by atoms with Crippen LogP contribution in [0.5, 0.6) is 0 Å². The lowest BCUT2D eigenvalue weighted by atomic mass is 10.2. The number of nitrogens with zero attached hydrogens (tertiary/aromatic N) is 1. The molecule has 0 radical (unpaired) electrons. The highest BCUT2D eigenvalue weighted by molar-refractivity contribution is 5.88. The molecule has 0 aliphatic carbocycles. The molecule has 0 bridgehead atoms. The third-order valence-corrected chi connectivity index (χ3v) is 3.29. The molecule has 0 saturated heterocycles. The van der Waals surface area contributed by atoms with E-state index >= 15 is 0 Å². The van der Waals surface area contributed by atoms with Crippen molar-refractivity contribution in [1.82, 2.24) is 4.57 Å². The summed E-state index contributed by atoms with van der Waals surface area (Å²) in [5.74, 6) is -0.388. The van der Waals surface area contributed by atoms with Crippen molar-refractivity contribution in [3.8, 4) is 0 Å². The van der Waals surface area contributed by atoms with E-state index in [0.29, 0.717) is 23.5 Å². The van der Waals surface area contributed by atoms with Crippen molar-refractivity contribution >= 4 is 16.9 Å². The van der Waals surface area contributed by atoms with Crippen LogP contribution in [0.25, 0.3) is 10.9 Å². The van der Waals surface area contributed by atoms with E-state index in [1.165, 1.54) is 12.1 Å². The number of carbonyl (C=O) groups is 1. The summed E-state index contributed by atoms with van der Waals surface area (Å²) in [6.45, 7) is 1.97. The maximum absolute atomic E-state index is 13.6. The summed E-state index contributed by atoms with van der Waals surface area (Å²) in [5.41, 5.74) is 0.901. The Hall–Kier alpha value is -2.56. The van der Waals surface area contributed by atoms with E-state index in [9.17, 15) is 9.18 Å². The first-order valence-electron chi connectivity index (χ1n) is 6.12. The number of hydrogen-bond donors (Lipinski definition) is 1. The molecule has 1 N–H and O–H groups in total. The van der Waals surface area contributed by atoms with Gasteiger partial charge in [0, 0.05) is 11.6 Å². The van der Waals surface area contributed by atoms with Crippen LogP contribution in [-0.4, -0.2) is 15.6 Å². The second-order valence-electron chi connectivity index (χ2n) is 4.60. The quantitative estimate of drug-likeness (QED) is 0.795. The molecule has 3 aromatic rings. The van der Waals surface area contributed by atoms with Crippen molar-refractivity contribution < 1.29 is 18.7 Å². The van der Waals surface area contributed by atoms with Gasteiger partial charge >= 0.3 is 5.97 Å². The Morgan fingerprint density at radius 1 is 1.40 bits per heavy atom. The molecule has 0 atom stereocenters. The molecular formula is C15H12FNO3. The minimum absolute atomic E-state index is 0.155. The van der Waals surface area contributed by atoms with Crippen LogP contribution in [0.15, 0.2) is 40.9 Å². The lowest BCUT2D eigenvalue weighted by Crippen LogP contribution is -1.97. The van der Waals surface area contributed by atoms with Gasteiger partial charge in [-0.05, 0) is 31.2 Å². The molecule has 2 aromatic heterocycles. The molecule has 1 aromatic carbocycles. The largest absolute Gasteiger partial charge is 0.478 e. The van der Waals surface area contributed by atoms with Crippen LogP contribution in [0.4, 0.5) is 4.39 Å². The van der Waals surface area contributed by atoms with Crippen LogP contribution in [0.3, 0.4) is 0 Å². The Bertz CT molecular complexity index is 801. The molecule has 20 heavy (non-hydrogen) atoms. The fraction of sp³-hybridized carbons (Fsp3) is 0.133. The molecule has 0 amide bonds. The smallest absolute Gasteiger partial charge is 0.339 e. The number of aryl methyl sites for hydroxylation is 1. The third-order valence-electron chi connectivity index (χ3n) is 3.29. The SMILES string of the molecule is Cc1oc(Cn2ccc3c(F)cccc32)cc1C(=O)O. The molecule has 0 spiro atoms. The topological polar surface area (TPSA) is 55.4 Å². The average molecular weight is 273 g/mol. The van der Waals surface area contributed by atoms with Crippen molar-refractivity contribution in [2.45, 2.75) is 13.5 Å². The average Bonchev–Trinajstić information content (AvgIpc) is 2.95. The van der Waals surface area contributed by atoms with Crippen molar-refractivity contribution in [2.24, 2.45) is 0 Å². The first kappa shape index (κ1) is 12.5. The lowest BCUT2D eigenvalue weighted by Gasteiger charge is -2.02. The molecule has 2 heterocycles. The number of aromatic nitrogens is 1. The molecule has 0 unspecified atom stereocenters. The molecule has 102 valence electrons. The van der Waals surface area contributed by atoms with Gasteiger partial charge in [0.2, 0.25) is 0 Å². The van der Waals surface area contributed by atoms with Gasteiger partial charge < -0.3 is 14.1 Å². The summed E-state index contributed by atoms with van der Waals surface area (Å²) in [5, 5.41) is 9.53. The van der Waals surface area contributed by atoms with Crippen LogP contribution >= 0.6 is 0 Å². The Balaban J connectivity index is 1.99. The van der Waals surface area contributed by atoms with Crippen molar-refractivity contribution in [1.29, 1.82) is 0 Å². The second-order valence-corrected chi connectivity index (χ2v) is 4.60. The normalized spacial score (nSPS) is 11.1. The standard InChI is InChI=1S/C15H12FNO3/c1-9-12(15(18)19)7-10(20-9)8-17-6-5-11-13(16)3-2-4-14(11)17/h2-7H,8H2,1H3,(H,18,19). The zero-order chi connectivity index (χ0) is 14.3. The van der Waals surface area contributed by atoms with E-state index in [2.05, 4.69) is 0 Å². The van der Waals surface area contributed by atoms with Gasteiger partial charge in [-0.3, -0.25) is 0 Å². The fourth-order valence-corrected chi connectivity index (χ4v) is 2.33. The zero-order valence-corrected chi connectivity index (χ0v) is 10.8. The van der Waals surface area contributed by atoms with Gasteiger partial charge in [-0.1, -0.05) is 6.07 Å². The van der Waals surface area contributed by atoms with Gasteiger partial charge in [-0.25, -0.2) is 9.18 Å². The summed E-state index contributed by atoms with van der Waals surface area (Å²) in [4.78, 5) is 11.0. The third kappa shape index (κ3) is 1.97. The minimum Gasteiger partial charge on any atom is -0.478 e. The summed E-state index contributed by atoms with van der Waals surface area (Å²) < 4.78 is 20.9. The summed E-state index contributed by atoms with van der Waals surface area (Å²) in [6, 6.07) is 8.06. The number of halogens is 1. The second kappa shape index (κ2) is 4.52. The Kier molecular flexibility index (Phi) is 2.82. The number of fused-ring (bicyclic) bond motifs is 1. The fourth-order valence-electron chi connectivity index (χ4n) is 2.33. The monoisotopic (exact) mass is 273 g/mol. The predicted molar refractivity (Wildman–Crippen MR) is 71.4 cm³/mol. The Morgan fingerprint density at radius 2 is 2.20 bits per heavy atom. The lowest BCUT2D eigenvalue weighted by molar-refractivity contribution is 0.0695. The van der Waals surface area contributed by atoms with E-state index in [0.717, 1.165) is 5.52 Å². The Morgan fingerprint density at radius 3 is 2.90 bits per heavy atom. The van der Waals surface area contributed by atoms with Crippen LogP contribution in [0.2, 0.25) is 0 Å². The van der Waals surface area contributed by atoms with Crippen LogP contribution in [0, 0.1) is 12.7 Å². The minimum atomic E-state index is -1.01. The first-order valence-corrected chi connectivity index (χ1v) is 6.12. The highest BCUT2D eigenvalue weighted by atomic mass is 19.1. The number of hydrogen-bond acceptors (Lipinski definition) is 2. The molecular weight excluding hydrogens is 261 g/mol. The van der Waals surface area contributed by atoms with Gasteiger partial charge in [0.05, 0.1) is 12.1 Å². The van der Waals surface area contributed by atoms with Gasteiger partial charge in [0.25, 0.3) is 0 Å². The molecule has 0 saturated carbocycles. The summed E-state index contributed by atoms with van der Waals surface area (Å²) in [6.07, 6.45) is 1.76. The van der Waals surface area contributed by atoms with Crippen LogP contribution in [0.1, 0.15) is 21.9 Å². The number of rotatable bonds is 3. The van der Waals surface area contributed by atoms with Crippen molar-refractivity contribution in [3.05, 3.63) is 59.4 Å². The van der Waals surface area contributed by atoms with E-state index < -0.39 is 5.97 Å². The zero-order valence-electron chi connectivity index (χ0n) is 10.8.